The van der Waals surface area contributed by atoms with Crippen LogP contribution in [0.3, 0.4) is 0 Å². The van der Waals surface area contributed by atoms with Gasteiger partial charge in [0.05, 0.1) is 0 Å². The zero-order chi connectivity index (χ0) is 19.8. The molecule has 0 unspecified atom stereocenters. The molecule has 0 aliphatic rings. The lowest BCUT2D eigenvalue weighted by Gasteiger charge is -2.17. The number of hydrogen-bond acceptors (Lipinski definition) is 1. The lowest BCUT2D eigenvalue weighted by Crippen LogP contribution is -2.24. The van der Waals surface area contributed by atoms with E-state index in [9.17, 15) is 4.79 Å². The molecule has 0 radical (unpaired) electrons. The van der Waals surface area contributed by atoms with Crippen molar-refractivity contribution in [3.8, 4) is 0 Å². The van der Waals surface area contributed by atoms with Crippen LogP contribution in [0.2, 0.25) is 0 Å². The summed E-state index contributed by atoms with van der Waals surface area (Å²) >= 11 is 0. The number of rotatable bonds is 23. The third-order valence-corrected chi connectivity index (χ3v) is 5.75. The molecule has 0 aromatic rings. The van der Waals surface area contributed by atoms with Crippen molar-refractivity contribution < 1.29 is 4.79 Å². The molecule has 27 heavy (non-hydrogen) atoms. The summed E-state index contributed by atoms with van der Waals surface area (Å²) in [6.07, 6.45) is 28.3. The molecule has 0 heterocycles. The molecule has 0 bridgehead atoms. The third kappa shape index (κ3) is 21.6. The number of hydrogen-bond donors (Lipinski definition) is 0. The number of amides is 1. The van der Waals surface area contributed by atoms with E-state index in [2.05, 4.69) is 13.8 Å². The van der Waals surface area contributed by atoms with Crippen molar-refractivity contribution in [2.75, 3.05) is 13.1 Å². The summed E-state index contributed by atoms with van der Waals surface area (Å²) in [4.78, 5) is 13.2. The molecule has 0 aromatic heterocycles. The molecule has 0 spiro atoms. The van der Waals surface area contributed by atoms with E-state index in [0.29, 0.717) is 0 Å². The van der Waals surface area contributed by atoms with Gasteiger partial charge in [-0.15, -0.1) is 0 Å². The standard InChI is InChI=1S/C25H51NO/c1-3-5-7-9-11-13-14-15-16-18-20-22-24-26(25-27)23-21-19-17-12-10-8-6-4-2/h25H,3-24H2,1-2H3. The van der Waals surface area contributed by atoms with Gasteiger partial charge in [0.15, 0.2) is 0 Å². The first kappa shape index (κ1) is 26.5. The van der Waals surface area contributed by atoms with E-state index < -0.39 is 0 Å². The lowest BCUT2D eigenvalue weighted by molar-refractivity contribution is -0.118. The maximum Gasteiger partial charge on any atom is 0.209 e. The summed E-state index contributed by atoms with van der Waals surface area (Å²) in [6, 6.07) is 0. The van der Waals surface area contributed by atoms with Gasteiger partial charge in [-0.05, 0) is 12.8 Å². The van der Waals surface area contributed by atoms with Gasteiger partial charge in [0.2, 0.25) is 6.41 Å². The second kappa shape index (κ2) is 23.5. The Morgan fingerprint density at radius 2 is 0.704 bits per heavy atom. The van der Waals surface area contributed by atoms with Crippen molar-refractivity contribution in [2.24, 2.45) is 0 Å². The molecule has 0 atom stereocenters. The Bertz CT molecular complexity index is 279. The van der Waals surface area contributed by atoms with Crippen molar-refractivity contribution in [1.82, 2.24) is 4.90 Å². The summed E-state index contributed by atoms with van der Waals surface area (Å²) in [7, 11) is 0. The van der Waals surface area contributed by atoms with E-state index in [1.165, 1.54) is 128 Å². The summed E-state index contributed by atoms with van der Waals surface area (Å²) in [5.41, 5.74) is 0. The molecular formula is C25H51NO. The van der Waals surface area contributed by atoms with Crippen LogP contribution < -0.4 is 0 Å². The topological polar surface area (TPSA) is 20.3 Å². The molecule has 0 saturated heterocycles. The Balaban J connectivity index is 3.27. The van der Waals surface area contributed by atoms with Gasteiger partial charge in [-0.2, -0.15) is 0 Å². The summed E-state index contributed by atoms with van der Waals surface area (Å²) in [6.45, 7) is 6.49. The maximum absolute atomic E-state index is 11.2. The quantitative estimate of drug-likeness (QED) is 0.129. The Kier molecular flexibility index (Phi) is 23.0. The van der Waals surface area contributed by atoms with Gasteiger partial charge in [-0.3, -0.25) is 4.79 Å². The molecule has 0 aromatic carbocycles. The van der Waals surface area contributed by atoms with Crippen LogP contribution in [0.25, 0.3) is 0 Å². The Morgan fingerprint density at radius 1 is 0.444 bits per heavy atom. The molecule has 0 saturated carbocycles. The number of carbonyl (C=O) groups excluding carboxylic acids is 1. The Hall–Kier alpha value is -0.530. The van der Waals surface area contributed by atoms with Gasteiger partial charge < -0.3 is 4.90 Å². The van der Waals surface area contributed by atoms with Crippen LogP contribution in [-0.2, 0) is 4.79 Å². The van der Waals surface area contributed by atoms with E-state index in [4.69, 9.17) is 0 Å². The first-order chi connectivity index (χ1) is 13.3. The molecule has 2 nitrogen and oxygen atoms in total. The largest absolute Gasteiger partial charge is 0.345 e. The van der Waals surface area contributed by atoms with Gasteiger partial charge in [-0.25, -0.2) is 0 Å². The Morgan fingerprint density at radius 3 is 0.963 bits per heavy atom. The fourth-order valence-electron chi connectivity index (χ4n) is 3.82. The number of nitrogens with zero attached hydrogens (tertiary/aromatic N) is 1. The molecule has 0 N–H and O–H groups in total. The fraction of sp³-hybridized carbons (Fsp3) is 0.960. The van der Waals surface area contributed by atoms with Crippen molar-refractivity contribution in [3.63, 3.8) is 0 Å². The highest BCUT2D eigenvalue weighted by Gasteiger charge is 2.01. The molecule has 162 valence electrons. The monoisotopic (exact) mass is 381 g/mol. The van der Waals surface area contributed by atoms with Crippen LogP contribution in [0.4, 0.5) is 0 Å². The van der Waals surface area contributed by atoms with Crippen LogP contribution in [0.1, 0.15) is 142 Å². The molecule has 1 amide bonds. The van der Waals surface area contributed by atoms with Gasteiger partial charge in [0, 0.05) is 13.1 Å². The lowest BCUT2D eigenvalue weighted by atomic mass is 10.1. The van der Waals surface area contributed by atoms with E-state index in [1.54, 1.807) is 0 Å². The fourth-order valence-corrected chi connectivity index (χ4v) is 3.82. The molecule has 0 aliphatic carbocycles. The maximum atomic E-state index is 11.2. The van der Waals surface area contributed by atoms with E-state index in [0.717, 1.165) is 19.5 Å². The van der Waals surface area contributed by atoms with E-state index >= 15 is 0 Å². The molecule has 0 aliphatic heterocycles. The zero-order valence-corrected chi connectivity index (χ0v) is 19.0. The van der Waals surface area contributed by atoms with Gasteiger partial charge >= 0.3 is 0 Å². The van der Waals surface area contributed by atoms with E-state index in [-0.39, 0.29) is 0 Å². The molecule has 0 rings (SSSR count). The zero-order valence-electron chi connectivity index (χ0n) is 19.0. The Labute approximate surface area is 171 Å². The molecular weight excluding hydrogens is 330 g/mol. The molecule has 2 heteroatoms. The van der Waals surface area contributed by atoms with Gasteiger partial charge in [0.25, 0.3) is 0 Å². The third-order valence-electron chi connectivity index (χ3n) is 5.75. The highest BCUT2D eigenvalue weighted by molar-refractivity contribution is 5.46. The normalized spacial score (nSPS) is 11.0. The van der Waals surface area contributed by atoms with Crippen LogP contribution in [0.15, 0.2) is 0 Å². The minimum Gasteiger partial charge on any atom is -0.345 e. The van der Waals surface area contributed by atoms with Crippen LogP contribution in [-0.4, -0.2) is 24.4 Å². The van der Waals surface area contributed by atoms with Crippen molar-refractivity contribution in [3.05, 3.63) is 0 Å². The number of carbonyl (C=O) groups is 1. The minimum absolute atomic E-state index is 0.969. The highest BCUT2D eigenvalue weighted by Crippen LogP contribution is 2.12. The second-order valence-corrected chi connectivity index (χ2v) is 8.51. The highest BCUT2D eigenvalue weighted by atomic mass is 16.1. The average Bonchev–Trinajstić information content (AvgIpc) is 2.69. The summed E-state index contributed by atoms with van der Waals surface area (Å²) in [5, 5.41) is 0. The van der Waals surface area contributed by atoms with Crippen LogP contribution in [0, 0.1) is 0 Å². The number of unbranched alkanes of at least 4 members (excludes halogenated alkanes) is 18. The van der Waals surface area contributed by atoms with Gasteiger partial charge in [-0.1, -0.05) is 129 Å². The second-order valence-electron chi connectivity index (χ2n) is 8.51. The van der Waals surface area contributed by atoms with Crippen molar-refractivity contribution in [1.29, 1.82) is 0 Å². The predicted octanol–water partition coefficient (Wildman–Crippen LogP) is 8.29. The SMILES string of the molecule is CCCCCCCCCCCCCCN(C=O)CCCCCCCCCC. The average molecular weight is 382 g/mol. The van der Waals surface area contributed by atoms with Crippen LogP contribution >= 0.6 is 0 Å². The van der Waals surface area contributed by atoms with Crippen molar-refractivity contribution >= 4 is 6.41 Å². The first-order valence-corrected chi connectivity index (χ1v) is 12.5. The van der Waals surface area contributed by atoms with Crippen molar-refractivity contribution in [2.45, 2.75) is 142 Å². The van der Waals surface area contributed by atoms with Gasteiger partial charge in [0.1, 0.15) is 0 Å². The molecule has 0 fully saturated rings. The smallest absolute Gasteiger partial charge is 0.209 e. The van der Waals surface area contributed by atoms with Crippen LogP contribution in [0.5, 0.6) is 0 Å². The summed E-state index contributed by atoms with van der Waals surface area (Å²) in [5.74, 6) is 0. The predicted molar refractivity (Wildman–Crippen MR) is 121 cm³/mol. The summed E-state index contributed by atoms with van der Waals surface area (Å²) < 4.78 is 0. The first-order valence-electron chi connectivity index (χ1n) is 12.5. The van der Waals surface area contributed by atoms with E-state index in [1.807, 2.05) is 4.90 Å². The minimum atomic E-state index is 0.969.